The first-order valence-corrected chi connectivity index (χ1v) is 32.2. The monoisotopic (exact) mass is 1040 g/mol. The van der Waals surface area contributed by atoms with E-state index in [1.54, 1.807) is 12.4 Å². The molecule has 10 nitrogen and oxygen atoms in total. The molecule has 12 heteroatoms. The molecule has 0 saturated carbocycles. The Labute approximate surface area is 454 Å². The highest BCUT2D eigenvalue weighted by atomic mass is 28.3. The third-order valence-electron chi connectivity index (χ3n) is 15.5. The zero-order valence-electron chi connectivity index (χ0n) is 43.4. The van der Waals surface area contributed by atoms with Crippen molar-refractivity contribution >= 4 is 81.8 Å². The van der Waals surface area contributed by atoms with Crippen molar-refractivity contribution in [3.05, 3.63) is 231 Å². The number of hydrogen-bond acceptors (Lipinski definition) is 10. The summed E-state index contributed by atoms with van der Waals surface area (Å²) in [5, 5.41) is 7.26. The molecule has 0 radical (unpaired) electrons. The van der Waals surface area contributed by atoms with E-state index >= 15 is 0 Å². The molecule has 0 spiro atoms. The summed E-state index contributed by atoms with van der Waals surface area (Å²) in [6.45, 7) is 9.82. The van der Waals surface area contributed by atoms with E-state index in [1.807, 2.05) is 97.6 Å². The van der Waals surface area contributed by atoms with Gasteiger partial charge in [0, 0.05) is 93.6 Å². The molecule has 6 aromatic carbocycles. The lowest BCUT2D eigenvalue weighted by atomic mass is 9.95. The molecule has 14 rings (SSSR count). The number of anilines is 6. The second kappa shape index (κ2) is 18.6. The lowest BCUT2D eigenvalue weighted by molar-refractivity contribution is 1.16. The maximum Gasteiger partial charge on any atom is 0.161 e. The van der Waals surface area contributed by atoms with Crippen LogP contribution in [0.3, 0.4) is 0 Å². The largest absolute Gasteiger partial charge is 0.311 e. The predicted molar refractivity (Wildman–Crippen MR) is 322 cm³/mol. The topological polar surface area (TPSA) is 110 Å². The van der Waals surface area contributed by atoms with Crippen molar-refractivity contribution < 1.29 is 0 Å². The van der Waals surface area contributed by atoms with Crippen molar-refractivity contribution in [2.45, 2.75) is 26.2 Å². The number of rotatable bonds is 8. The van der Waals surface area contributed by atoms with Gasteiger partial charge in [0.1, 0.15) is 16.1 Å². The van der Waals surface area contributed by atoms with Gasteiger partial charge in [-0.15, -0.1) is 0 Å². The van der Waals surface area contributed by atoms with Gasteiger partial charge in [0.05, 0.1) is 34.2 Å². The van der Waals surface area contributed by atoms with Gasteiger partial charge in [-0.1, -0.05) is 111 Å². The molecule has 6 aromatic heterocycles. The van der Waals surface area contributed by atoms with Crippen molar-refractivity contribution in [2.75, 3.05) is 9.80 Å². The number of nitrogens with zero attached hydrogens (tertiary/aromatic N) is 10. The third kappa shape index (κ3) is 7.83. The Hall–Kier alpha value is -9.63. The van der Waals surface area contributed by atoms with Gasteiger partial charge in [-0.05, 0) is 141 Å². The van der Waals surface area contributed by atoms with Gasteiger partial charge in [0.15, 0.2) is 11.6 Å². The number of benzene rings is 6. The number of hydrogen-bond donors (Lipinski definition) is 0. The summed E-state index contributed by atoms with van der Waals surface area (Å²) < 4.78 is 0. The van der Waals surface area contributed by atoms with Crippen LogP contribution in [0.5, 0.6) is 0 Å². The SMILES string of the molecule is C[Si]1(C)c2ccccc2N(c2cc(-c3nc(-c4cccnc4)cc(-c4ccccn4)n3)c3cc(N4c5ccccc5[Si](C)(C)c5ccccc54)cc(-c4nc(-c5cccnc5)cc(-c5ccccn5)n4)c3c2)c2ccccc21. The van der Waals surface area contributed by atoms with Gasteiger partial charge in [0.2, 0.25) is 0 Å². The Bertz CT molecular complexity index is 3800. The van der Waals surface area contributed by atoms with Crippen LogP contribution < -0.4 is 30.5 Å². The summed E-state index contributed by atoms with van der Waals surface area (Å²) in [6.07, 6.45) is 10.9. The summed E-state index contributed by atoms with van der Waals surface area (Å²) in [7, 11) is -4.35. The summed E-state index contributed by atoms with van der Waals surface area (Å²) in [6, 6.07) is 68.7. The quantitative estimate of drug-likeness (QED) is 0.136. The first-order valence-electron chi connectivity index (χ1n) is 26.2. The van der Waals surface area contributed by atoms with E-state index in [9.17, 15) is 0 Å². The highest BCUT2D eigenvalue weighted by molar-refractivity contribution is 7.03. The van der Waals surface area contributed by atoms with Gasteiger partial charge >= 0.3 is 0 Å². The summed E-state index contributed by atoms with van der Waals surface area (Å²) >= 11 is 0. The van der Waals surface area contributed by atoms with E-state index in [0.29, 0.717) is 23.0 Å². The van der Waals surface area contributed by atoms with E-state index in [4.69, 9.17) is 29.9 Å². The first-order chi connectivity index (χ1) is 38.2. The minimum Gasteiger partial charge on any atom is -0.311 e. The molecule has 0 unspecified atom stereocenters. The molecule has 12 aromatic rings. The molecule has 0 aliphatic carbocycles. The molecule has 0 saturated heterocycles. The van der Waals surface area contributed by atoms with Crippen LogP contribution in [0.2, 0.25) is 26.2 Å². The van der Waals surface area contributed by atoms with Crippen molar-refractivity contribution in [1.29, 1.82) is 0 Å². The smallest absolute Gasteiger partial charge is 0.161 e. The van der Waals surface area contributed by atoms with Gasteiger partial charge in [-0.2, -0.15) is 0 Å². The van der Waals surface area contributed by atoms with E-state index in [1.165, 1.54) is 20.7 Å². The van der Waals surface area contributed by atoms with Crippen molar-refractivity contribution in [2.24, 2.45) is 0 Å². The van der Waals surface area contributed by atoms with Crippen molar-refractivity contribution in [1.82, 2.24) is 39.9 Å². The van der Waals surface area contributed by atoms with Crippen LogP contribution in [-0.2, 0) is 0 Å². The Morgan fingerprint density at radius 3 is 1.03 bits per heavy atom. The standard InChI is InChI=1S/C66H50N10Si2/c1-77(2)61-27-9-5-23-57(61)75(58-24-6-10-28-62(58)77)45-35-47-48(49(37-45)65-71-53(43-19-17-31-67-41-43)39-55(73-65)51-21-13-15-33-69-51)36-46(76-59-25-7-11-29-63(59)78(3,4)64-30-12-8-26-60(64)76)38-50(47)66-72-54(44-20-18-32-68-42-44)40-56(74-66)52-22-14-16-34-70-52/h5-42H,1-4H3. The second-order valence-electron chi connectivity index (χ2n) is 20.9. The maximum absolute atomic E-state index is 5.55. The predicted octanol–water partition coefficient (Wildman–Crippen LogP) is 13.2. The summed E-state index contributed by atoms with van der Waals surface area (Å²) in [5.74, 6) is 1.07. The van der Waals surface area contributed by atoms with Gasteiger partial charge in [0.25, 0.3) is 0 Å². The maximum atomic E-state index is 5.55. The molecule has 2 aliphatic heterocycles. The average molecular weight is 1040 g/mol. The van der Waals surface area contributed by atoms with Crippen LogP contribution in [0.15, 0.2) is 231 Å². The highest BCUT2D eigenvalue weighted by Gasteiger charge is 2.40. The average Bonchev–Trinajstić information content (AvgIpc) is 3.69. The summed E-state index contributed by atoms with van der Waals surface area (Å²) in [4.78, 5) is 45.8. The van der Waals surface area contributed by atoms with Crippen LogP contribution in [0.1, 0.15) is 0 Å². The van der Waals surface area contributed by atoms with E-state index in [-0.39, 0.29) is 0 Å². The molecule has 0 atom stereocenters. The van der Waals surface area contributed by atoms with Crippen molar-refractivity contribution in [3.63, 3.8) is 0 Å². The highest BCUT2D eigenvalue weighted by Crippen LogP contribution is 2.48. The normalized spacial score (nSPS) is 13.8. The Morgan fingerprint density at radius 2 is 0.679 bits per heavy atom. The number of fused-ring (bicyclic) bond motifs is 5. The molecular weight excluding hydrogens is 989 g/mol. The van der Waals surface area contributed by atoms with Gasteiger partial charge < -0.3 is 9.80 Å². The van der Waals surface area contributed by atoms with Crippen molar-refractivity contribution in [3.8, 4) is 68.1 Å². The van der Waals surface area contributed by atoms with Crippen LogP contribution in [0, 0.1) is 0 Å². The van der Waals surface area contributed by atoms with E-state index in [2.05, 4.69) is 167 Å². The molecular formula is C66H50N10Si2. The van der Waals surface area contributed by atoms with Gasteiger partial charge in [-0.25, -0.2) is 19.9 Å². The lowest BCUT2D eigenvalue weighted by Gasteiger charge is -2.41. The fraction of sp³-hybridized carbons (Fsp3) is 0.0606. The summed E-state index contributed by atoms with van der Waals surface area (Å²) in [5.41, 5.74) is 14.2. The first kappa shape index (κ1) is 46.9. The number of aromatic nitrogens is 8. The van der Waals surface area contributed by atoms with Gasteiger partial charge in [-0.3, -0.25) is 19.9 Å². The van der Waals surface area contributed by atoms with Crippen LogP contribution in [-0.4, -0.2) is 56.0 Å². The third-order valence-corrected chi connectivity index (χ3v) is 22.6. The van der Waals surface area contributed by atoms with Crippen LogP contribution in [0.25, 0.3) is 78.8 Å². The molecule has 8 heterocycles. The Balaban J connectivity index is 1.15. The Morgan fingerprint density at radius 1 is 0.321 bits per heavy atom. The van der Waals surface area contributed by atoms with E-state index in [0.717, 1.165) is 89.9 Å². The number of pyridine rings is 4. The zero-order chi connectivity index (χ0) is 52.5. The molecule has 0 amide bonds. The fourth-order valence-corrected chi connectivity index (χ4v) is 17.7. The molecule has 0 N–H and O–H groups in total. The second-order valence-corrected chi connectivity index (χ2v) is 29.6. The molecule has 0 bridgehead atoms. The van der Waals surface area contributed by atoms with Crippen LogP contribution >= 0.6 is 0 Å². The minimum absolute atomic E-state index is 0.535. The molecule has 0 fully saturated rings. The zero-order valence-corrected chi connectivity index (χ0v) is 45.4. The van der Waals surface area contributed by atoms with Crippen LogP contribution in [0.4, 0.5) is 34.1 Å². The minimum atomic E-state index is -2.18. The Kier molecular flexibility index (Phi) is 11.2. The lowest BCUT2D eigenvalue weighted by Crippen LogP contribution is -2.58. The molecule has 2 aliphatic rings. The van der Waals surface area contributed by atoms with E-state index < -0.39 is 16.1 Å². The number of para-hydroxylation sites is 4. The molecule has 78 heavy (non-hydrogen) atoms. The molecule has 372 valence electrons. The fourth-order valence-electron chi connectivity index (χ4n) is 11.7.